The molecular formula is C19H23N3O5S. The summed E-state index contributed by atoms with van der Waals surface area (Å²) < 4.78 is 32.0. The molecule has 0 fully saturated rings. The Morgan fingerprint density at radius 3 is 2.07 bits per heavy atom. The lowest BCUT2D eigenvalue weighted by Gasteiger charge is -2.11. The molecule has 0 aliphatic heterocycles. The largest absolute Gasteiger partial charge is 0.465 e. The van der Waals surface area contributed by atoms with Crippen molar-refractivity contribution < 1.29 is 22.7 Å². The van der Waals surface area contributed by atoms with Crippen LogP contribution in [0.1, 0.15) is 24.2 Å². The third kappa shape index (κ3) is 5.98. The summed E-state index contributed by atoms with van der Waals surface area (Å²) in [6.45, 7) is 4.50. The molecule has 2 aromatic rings. The standard InChI is InChI=1S/C19H23N3O5S/c1-13(2)12-20-19(24)21-15-8-10-17(11-9-15)28(25,26)22-16-6-4-14(5-7-16)18(23)27-3/h4-11,13,22H,12H2,1-3H3,(H2,20,21,24). The van der Waals surface area contributed by atoms with Crippen molar-refractivity contribution in [1.82, 2.24) is 5.32 Å². The van der Waals surface area contributed by atoms with Gasteiger partial charge in [-0.1, -0.05) is 13.8 Å². The predicted molar refractivity (Wildman–Crippen MR) is 107 cm³/mol. The molecule has 9 heteroatoms. The maximum absolute atomic E-state index is 12.5. The highest BCUT2D eigenvalue weighted by Gasteiger charge is 2.15. The number of carbonyl (C=O) groups excluding carboxylic acids is 2. The zero-order chi connectivity index (χ0) is 20.7. The van der Waals surface area contributed by atoms with Crippen LogP contribution < -0.4 is 15.4 Å². The molecule has 2 aromatic carbocycles. The van der Waals surface area contributed by atoms with Crippen molar-refractivity contribution in [3.05, 3.63) is 54.1 Å². The monoisotopic (exact) mass is 405 g/mol. The Balaban J connectivity index is 2.03. The van der Waals surface area contributed by atoms with Crippen molar-refractivity contribution in [3.63, 3.8) is 0 Å². The van der Waals surface area contributed by atoms with Gasteiger partial charge < -0.3 is 15.4 Å². The average Bonchev–Trinajstić information content (AvgIpc) is 2.66. The van der Waals surface area contributed by atoms with E-state index in [-0.39, 0.29) is 10.9 Å². The number of anilines is 2. The second-order valence-corrected chi connectivity index (χ2v) is 8.11. The van der Waals surface area contributed by atoms with Crippen LogP contribution in [-0.4, -0.2) is 34.1 Å². The first-order valence-corrected chi connectivity index (χ1v) is 10.1. The molecule has 2 rings (SSSR count). The summed E-state index contributed by atoms with van der Waals surface area (Å²) in [6, 6.07) is 11.3. The number of hydrogen-bond donors (Lipinski definition) is 3. The summed E-state index contributed by atoms with van der Waals surface area (Å²) >= 11 is 0. The average molecular weight is 405 g/mol. The molecule has 0 spiro atoms. The molecule has 8 nitrogen and oxygen atoms in total. The summed E-state index contributed by atoms with van der Waals surface area (Å²) in [7, 11) is -2.54. The van der Waals surface area contributed by atoms with E-state index in [1.165, 1.54) is 55.6 Å². The van der Waals surface area contributed by atoms with Gasteiger partial charge in [-0.2, -0.15) is 0 Å². The van der Waals surface area contributed by atoms with Gasteiger partial charge in [0.05, 0.1) is 17.6 Å². The van der Waals surface area contributed by atoms with E-state index in [4.69, 9.17) is 0 Å². The number of ether oxygens (including phenoxy) is 1. The minimum atomic E-state index is -3.81. The first kappa shape index (κ1) is 21.2. The maximum atomic E-state index is 12.5. The number of amides is 2. The molecule has 28 heavy (non-hydrogen) atoms. The number of hydrogen-bond acceptors (Lipinski definition) is 5. The van der Waals surface area contributed by atoms with Crippen molar-refractivity contribution in [1.29, 1.82) is 0 Å². The first-order valence-electron chi connectivity index (χ1n) is 8.57. The second kappa shape index (κ2) is 9.23. The van der Waals surface area contributed by atoms with E-state index < -0.39 is 16.0 Å². The van der Waals surface area contributed by atoms with Crippen LogP contribution in [0.2, 0.25) is 0 Å². The van der Waals surface area contributed by atoms with E-state index in [2.05, 4.69) is 20.1 Å². The van der Waals surface area contributed by atoms with E-state index in [1.54, 1.807) is 0 Å². The Bertz CT molecular complexity index is 923. The molecule has 0 bridgehead atoms. The lowest BCUT2D eigenvalue weighted by molar-refractivity contribution is 0.0600. The van der Waals surface area contributed by atoms with E-state index in [0.29, 0.717) is 29.4 Å². The van der Waals surface area contributed by atoms with Crippen LogP contribution in [0.15, 0.2) is 53.4 Å². The third-order valence-electron chi connectivity index (χ3n) is 3.65. The van der Waals surface area contributed by atoms with Gasteiger partial charge in [0.2, 0.25) is 0 Å². The number of carbonyl (C=O) groups is 2. The molecular weight excluding hydrogens is 382 g/mol. The summed E-state index contributed by atoms with van der Waals surface area (Å²) in [4.78, 5) is 23.2. The number of esters is 1. The second-order valence-electron chi connectivity index (χ2n) is 6.43. The molecule has 0 aromatic heterocycles. The molecule has 0 saturated carbocycles. The van der Waals surface area contributed by atoms with Crippen LogP contribution >= 0.6 is 0 Å². The topological polar surface area (TPSA) is 114 Å². The lowest BCUT2D eigenvalue weighted by Crippen LogP contribution is -2.31. The van der Waals surface area contributed by atoms with Gasteiger partial charge >= 0.3 is 12.0 Å². The molecule has 3 N–H and O–H groups in total. The Kier molecular flexibility index (Phi) is 7.00. The lowest BCUT2D eigenvalue weighted by atomic mass is 10.2. The normalized spacial score (nSPS) is 11.0. The van der Waals surface area contributed by atoms with Crippen molar-refractivity contribution >= 4 is 33.4 Å². The predicted octanol–water partition coefficient (Wildman–Crippen LogP) is 3.05. The number of rotatable bonds is 7. The molecule has 0 radical (unpaired) electrons. The van der Waals surface area contributed by atoms with Gasteiger partial charge in [0.25, 0.3) is 10.0 Å². The summed E-state index contributed by atoms with van der Waals surface area (Å²) in [5.41, 5.74) is 1.10. The number of nitrogens with one attached hydrogen (secondary N) is 3. The summed E-state index contributed by atoms with van der Waals surface area (Å²) in [5.74, 6) is -0.180. The Morgan fingerprint density at radius 2 is 1.54 bits per heavy atom. The number of benzene rings is 2. The Labute approximate surface area is 164 Å². The van der Waals surface area contributed by atoms with E-state index in [9.17, 15) is 18.0 Å². The van der Waals surface area contributed by atoms with Crippen LogP contribution in [0, 0.1) is 5.92 Å². The van der Waals surface area contributed by atoms with Gasteiger partial charge in [0.1, 0.15) is 0 Å². The highest BCUT2D eigenvalue weighted by molar-refractivity contribution is 7.92. The Morgan fingerprint density at radius 1 is 0.964 bits per heavy atom. The summed E-state index contributed by atoms with van der Waals surface area (Å²) in [6.07, 6.45) is 0. The molecule has 0 atom stereocenters. The van der Waals surface area contributed by atoms with E-state index in [1.807, 2.05) is 13.8 Å². The van der Waals surface area contributed by atoms with Crippen molar-refractivity contribution in [2.45, 2.75) is 18.7 Å². The SMILES string of the molecule is COC(=O)c1ccc(NS(=O)(=O)c2ccc(NC(=O)NCC(C)C)cc2)cc1. The molecule has 0 saturated heterocycles. The van der Waals surface area contributed by atoms with Crippen LogP contribution in [0.4, 0.5) is 16.2 Å². The van der Waals surface area contributed by atoms with Crippen molar-refractivity contribution in [2.75, 3.05) is 23.7 Å². The van der Waals surface area contributed by atoms with Crippen LogP contribution in [-0.2, 0) is 14.8 Å². The van der Waals surface area contributed by atoms with Crippen molar-refractivity contribution in [2.24, 2.45) is 5.92 Å². The molecule has 150 valence electrons. The third-order valence-corrected chi connectivity index (χ3v) is 5.05. The van der Waals surface area contributed by atoms with E-state index >= 15 is 0 Å². The molecule has 0 unspecified atom stereocenters. The van der Waals surface area contributed by atoms with E-state index in [0.717, 1.165) is 0 Å². The van der Waals surface area contributed by atoms with Crippen LogP contribution in [0.25, 0.3) is 0 Å². The van der Waals surface area contributed by atoms with Gasteiger partial charge in [0, 0.05) is 17.9 Å². The zero-order valence-electron chi connectivity index (χ0n) is 15.9. The fraction of sp³-hybridized carbons (Fsp3) is 0.263. The minimum absolute atomic E-state index is 0.0395. The van der Waals surface area contributed by atoms with Gasteiger partial charge in [-0.3, -0.25) is 4.72 Å². The smallest absolute Gasteiger partial charge is 0.337 e. The van der Waals surface area contributed by atoms with Crippen molar-refractivity contribution in [3.8, 4) is 0 Å². The molecule has 2 amide bonds. The summed E-state index contributed by atoms with van der Waals surface area (Å²) in [5, 5.41) is 5.35. The number of methoxy groups -OCH3 is 1. The molecule has 0 aliphatic carbocycles. The molecule has 0 heterocycles. The minimum Gasteiger partial charge on any atom is -0.465 e. The number of urea groups is 1. The first-order chi connectivity index (χ1) is 13.2. The fourth-order valence-electron chi connectivity index (χ4n) is 2.20. The van der Waals surface area contributed by atoms with Gasteiger partial charge in [0.15, 0.2) is 0 Å². The highest BCUT2D eigenvalue weighted by Crippen LogP contribution is 2.19. The van der Waals surface area contributed by atoms with Crippen LogP contribution in [0.3, 0.4) is 0 Å². The zero-order valence-corrected chi connectivity index (χ0v) is 16.7. The van der Waals surface area contributed by atoms with Crippen LogP contribution in [0.5, 0.6) is 0 Å². The van der Waals surface area contributed by atoms with Gasteiger partial charge in [-0.15, -0.1) is 0 Å². The quantitative estimate of drug-likeness (QED) is 0.613. The highest BCUT2D eigenvalue weighted by atomic mass is 32.2. The Hall–Kier alpha value is -3.07. The molecule has 0 aliphatic rings. The van der Waals surface area contributed by atoms with Gasteiger partial charge in [-0.25, -0.2) is 18.0 Å². The fourth-order valence-corrected chi connectivity index (χ4v) is 3.25. The number of sulfonamides is 1. The van der Waals surface area contributed by atoms with Gasteiger partial charge in [-0.05, 0) is 54.4 Å². The maximum Gasteiger partial charge on any atom is 0.337 e.